The average molecular weight is 628 g/mol. The Hall–Kier alpha value is -6.72. The van der Waals surface area contributed by atoms with Crippen molar-refractivity contribution in [3.05, 3.63) is 176 Å². The van der Waals surface area contributed by atoms with E-state index in [4.69, 9.17) is 20.1 Å². The van der Waals surface area contributed by atoms with Crippen LogP contribution in [0, 0.1) is 0 Å². The lowest BCUT2D eigenvalue weighted by atomic mass is 9.91. The molecule has 49 heavy (non-hydrogen) atoms. The second kappa shape index (κ2) is 12.1. The van der Waals surface area contributed by atoms with E-state index in [1.165, 1.54) is 0 Å². The number of hydrogen-bond donors (Lipinski definition) is 0. The first-order valence-electron chi connectivity index (χ1n) is 16.3. The smallest absolute Gasteiger partial charge is 0.164 e. The maximum atomic E-state index is 5.35. The molecule has 2 heterocycles. The van der Waals surface area contributed by atoms with Crippen molar-refractivity contribution in [2.24, 2.45) is 0 Å². The summed E-state index contributed by atoms with van der Waals surface area (Å²) >= 11 is 0. The van der Waals surface area contributed by atoms with Crippen LogP contribution in [0.5, 0.6) is 0 Å². The molecule has 5 nitrogen and oxygen atoms in total. The molecule has 0 saturated heterocycles. The number of para-hydroxylation sites is 1. The Kier molecular flexibility index (Phi) is 7.06. The highest BCUT2D eigenvalue weighted by atomic mass is 15.3. The highest BCUT2D eigenvalue weighted by molar-refractivity contribution is 6.18. The maximum Gasteiger partial charge on any atom is 0.164 e. The van der Waals surface area contributed by atoms with Crippen molar-refractivity contribution in [1.29, 1.82) is 0 Å². The molecule has 0 N–H and O–H groups in total. The van der Waals surface area contributed by atoms with Gasteiger partial charge in [0.1, 0.15) is 5.69 Å². The molecular formula is C44H29N5. The Bertz CT molecular complexity index is 2520. The Balaban J connectivity index is 1.37. The minimum absolute atomic E-state index is 0.612. The Morgan fingerprint density at radius 2 is 0.878 bits per heavy atom. The van der Waals surface area contributed by atoms with Crippen molar-refractivity contribution in [1.82, 2.24) is 24.7 Å². The van der Waals surface area contributed by atoms with Gasteiger partial charge in [-0.2, -0.15) is 5.10 Å². The van der Waals surface area contributed by atoms with E-state index in [2.05, 4.69) is 108 Å². The molecule has 0 unspecified atom stereocenters. The molecule has 0 amide bonds. The van der Waals surface area contributed by atoms with Crippen molar-refractivity contribution in [2.75, 3.05) is 0 Å². The van der Waals surface area contributed by atoms with E-state index in [1.54, 1.807) is 0 Å². The molecule has 9 aromatic rings. The summed E-state index contributed by atoms with van der Waals surface area (Å²) in [5.74, 6) is 1.87. The van der Waals surface area contributed by atoms with Gasteiger partial charge in [-0.05, 0) is 34.7 Å². The van der Waals surface area contributed by atoms with Gasteiger partial charge in [-0.3, -0.25) is 0 Å². The summed E-state index contributed by atoms with van der Waals surface area (Å²) < 4.78 is 2.09. The Morgan fingerprint density at radius 3 is 1.51 bits per heavy atom. The Morgan fingerprint density at radius 1 is 0.388 bits per heavy atom. The first-order chi connectivity index (χ1) is 24.3. The van der Waals surface area contributed by atoms with Gasteiger partial charge < -0.3 is 0 Å². The van der Waals surface area contributed by atoms with Gasteiger partial charge in [-0.25, -0.2) is 19.6 Å². The summed E-state index contributed by atoms with van der Waals surface area (Å²) in [4.78, 5) is 15.2. The van der Waals surface area contributed by atoms with Gasteiger partial charge in [-0.15, -0.1) is 0 Å². The van der Waals surface area contributed by atoms with Crippen LogP contribution in [0.2, 0.25) is 0 Å². The summed E-state index contributed by atoms with van der Waals surface area (Å²) in [6.45, 7) is 0. The maximum absolute atomic E-state index is 5.35. The fraction of sp³-hybridized carbons (Fsp3) is 0. The predicted octanol–water partition coefficient (Wildman–Crippen LogP) is 10.7. The van der Waals surface area contributed by atoms with E-state index < -0.39 is 0 Å². The summed E-state index contributed by atoms with van der Waals surface area (Å²) in [6, 6.07) is 60.3. The SMILES string of the molecule is c1ccc(-c2nc(-c3ccccc3)nc(-c3ccccc3-c3cc4ccccc4c4c3c(-c3ccccc3)nn4-c3ccccc3)n2)cc1. The summed E-state index contributed by atoms with van der Waals surface area (Å²) in [7, 11) is 0. The zero-order chi connectivity index (χ0) is 32.6. The second-order valence-corrected chi connectivity index (χ2v) is 11.9. The molecule has 5 heteroatoms. The zero-order valence-corrected chi connectivity index (χ0v) is 26.5. The molecule has 230 valence electrons. The van der Waals surface area contributed by atoms with E-state index in [1.807, 2.05) is 72.8 Å². The summed E-state index contributed by atoms with van der Waals surface area (Å²) in [5.41, 5.74) is 8.90. The molecule has 0 radical (unpaired) electrons. The first-order valence-corrected chi connectivity index (χ1v) is 16.3. The third-order valence-electron chi connectivity index (χ3n) is 8.88. The van der Waals surface area contributed by atoms with Crippen molar-refractivity contribution >= 4 is 21.7 Å². The lowest BCUT2D eigenvalue weighted by Crippen LogP contribution is -2.01. The molecule has 0 atom stereocenters. The molecule has 7 aromatic carbocycles. The lowest BCUT2D eigenvalue weighted by Gasteiger charge is -2.15. The topological polar surface area (TPSA) is 56.5 Å². The molecule has 0 aliphatic rings. The van der Waals surface area contributed by atoms with E-state index >= 15 is 0 Å². The molecule has 0 aliphatic heterocycles. The standard InChI is InChI=1S/C44H29N5/c1-5-17-30(18-6-1)40-39-38(29-33-23-13-14-26-35(33)41(39)49(48-40)34-24-11-4-12-25-34)36-27-15-16-28-37(36)44-46-42(31-19-7-2-8-20-31)45-43(47-44)32-21-9-3-10-22-32/h1-29H. The first kappa shape index (κ1) is 28.5. The van der Waals surface area contributed by atoms with E-state index in [0.29, 0.717) is 17.5 Å². The monoisotopic (exact) mass is 627 g/mol. The van der Waals surface area contributed by atoms with Gasteiger partial charge in [0, 0.05) is 33.0 Å². The lowest BCUT2D eigenvalue weighted by molar-refractivity contribution is 0.918. The third-order valence-corrected chi connectivity index (χ3v) is 8.88. The van der Waals surface area contributed by atoms with Crippen molar-refractivity contribution in [3.8, 4) is 62.2 Å². The van der Waals surface area contributed by atoms with E-state index in [9.17, 15) is 0 Å². The predicted molar refractivity (Wildman–Crippen MR) is 199 cm³/mol. The second-order valence-electron chi connectivity index (χ2n) is 11.9. The number of hydrogen-bond acceptors (Lipinski definition) is 4. The van der Waals surface area contributed by atoms with Gasteiger partial charge in [0.05, 0.1) is 11.2 Å². The van der Waals surface area contributed by atoms with Gasteiger partial charge in [0.25, 0.3) is 0 Å². The van der Waals surface area contributed by atoms with Crippen LogP contribution < -0.4 is 0 Å². The minimum atomic E-state index is 0.612. The summed E-state index contributed by atoms with van der Waals surface area (Å²) in [5, 5.41) is 8.68. The van der Waals surface area contributed by atoms with Crippen LogP contribution in [-0.4, -0.2) is 24.7 Å². The zero-order valence-electron chi connectivity index (χ0n) is 26.5. The van der Waals surface area contributed by atoms with Crippen LogP contribution in [0.3, 0.4) is 0 Å². The van der Waals surface area contributed by atoms with Crippen LogP contribution in [0.25, 0.3) is 83.9 Å². The third kappa shape index (κ3) is 5.14. The van der Waals surface area contributed by atoms with Crippen molar-refractivity contribution in [3.63, 3.8) is 0 Å². The fourth-order valence-corrected chi connectivity index (χ4v) is 6.60. The van der Waals surface area contributed by atoms with Gasteiger partial charge in [0.2, 0.25) is 0 Å². The van der Waals surface area contributed by atoms with Crippen molar-refractivity contribution in [2.45, 2.75) is 0 Å². The number of nitrogens with zero attached hydrogens (tertiary/aromatic N) is 5. The molecule has 0 bridgehead atoms. The van der Waals surface area contributed by atoms with Crippen LogP contribution in [-0.2, 0) is 0 Å². The fourth-order valence-electron chi connectivity index (χ4n) is 6.60. The van der Waals surface area contributed by atoms with E-state index in [-0.39, 0.29) is 0 Å². The molecule has 2 aromatic heterocycles. The quantitative estimate of drug-likeness (QED) is 0.184. The van der Waals surface area contributed by atoms with Crippen LogP contribution >= 0.6 is 0 Å². The molecule has 9 rings (SSSR count). The minimum Gasteiger partial charge on any atom is -0.232 e. The number of fused-ring (bicyclic) bond motifs is 3. The molecular weight excluding hydrogens is 599 g/mol. The largest absolute Gasteiger partial charge is 0.232 e. The van der Waals surface area contributed by atoms with Crippen LogP contribution in [0.15, 0.2) is 176 Å². The van der Waals surface area contributed by atoms with Crippen LogP contribution in [0.4, 0.5) is 0 Å². The average Bonchev–Trinajstić information content (AvgIpc) is 3.60. The van der Waals surface area contributed by atoms with Gasteiger partial charge in [-0.1, -0.05) is 158 Å². The number of rotatable bonds is 6. The molecule has 0 aliphatic carbocycles. The molecule has 0 saturated carbocycles. The van der Waals surface area contributed by atoms with Crippen molar-refractivity contribution < 1.29 is 0 Å². The number of benzene rings is 7. The normalized spacial score (nSPS) is 11.3. The van der Waals surface area contributed by atoms with Gasteiger partial charge in [0.15, 0.2) is 17.5 Å². The Labute approximate surface area is 283 Å². The van der Waals surface area contributed by atoms with Gasteiger partial charge >= 0.3 is 0 Å². The number of aromatic nitrogens is 5. The van der Waals surface area contributed by atoms with Crippen LogP contribution in [0.1, 0.15) is 0 Å². The summed E-state index contributed by atoms with van der Waals surface area (Å²) in [6.07, 6.45) is 0. The molecule has 0 fully saturated rings. The highest BCUT2D eigenvalue weighted by Gasteiger charge is 2.23. The van der Waals surface area contributed by atoms with E-state index in [0.717, 1.165) is 66.4 Å². The molecule has 0 spiro atoms. The highest BCUT2D eigenvalue weighted by Crippen LogP contribution is 2.44.